The van der Waals surface area contributed by atoms with Crippen LogP contribution in [0.2, 0.25) is 0 Å². The Morgan fingerprint density at radius 2 is 2.00 bits per heavy atom. The van der Waals surface area contributed by atoms with Gasteiger partial charge in [0.1, 0.15) is 0 Å². The van der Waals surface area contributed by atoms with E-state index in [0.29, 0.717) is 24.2 Å². The van der Waals surface area contributed by atoms with E-state index < -0.39 is 10.0 Å². The monoisotopic (exact) mass is 300 g/mol. The molecule has 1 aromatic carbocycles. The van der Waals surface area contributed by atoms with Crippen LogP contribution in [0, 0.1) is 6.92 Å². The molecule has 0 aromatic heterocycles. The van der Waals surface area contributed by atoms with Crippen molar-refractivity contribution in [1.82, 2.24) is 10.0 Å². The number of rotatable bonds is 7. The molecule has 1 rings (SSSR count). The molecule has 0 saturated carbocycles. The molecule has 0 heterocycles. The smallest absolute Gasteiger partial charge is 0.253 e. The van der Waals surface area contributed by atoms with Crippen molar-refractivity contribution in [3.05, 3.63) is 29.3 Å². The predicted molar refractivity (Wildman–Crippen MR) is 78.8 cm³/mol. The van der Waals surface area contributed by atoms with Gasteiger partial charge in [0, 0.05) is 13.1 Å². The fraction of sp³-hybridized carbons (Fsp3) is 0.417. The molecule has 0 spiro atoms. The van der Waals surface area contributed by atoms with E-state index in [-0.39, 0.29) is 12.5 Å². The maximum absolute atomic E-state index is 12.0. The van der Waals surface area contributed by atoms with E-state index in [9.17, 15) is 13.2 Å². The Morgan fingerprint density at radius 1 is 1.30 bits per heavy atom. The van der Waals surface area contributed by atoms with Crippen molar-refractivity contribution in [2.24, 2.45) is 5.84 Å². The van der Waals surface area contributed by atoms with Crippen molar-refractivity contribution in [2.75, 3.05) is 24.8 Å². The molecule has 8 heteroatoms. The number of nitrogens with two attached hydrogens (primary N) is 1. The summed E-state index contributed by atoms with van der Waals surface area (Å²) in [6, 6.07) is 5.29. The molecule has 0 bridgehead atoms. The van der Waals surface area contributed by atoms with Crippen LogP contribution in [-0.2, 0) is 10.0 Å². The average molecular weight is 300 g/mol. The molecule has 20 heavy (non-hydrogen) atoms. The van der Waals surface area contributed by atoms with E-state index in [2.05, 4.69) is 15.5 Å². The van der Waals surface area contributed by atoms with Crippen LogP contribution in [0.5, 0.6) is 0 Å². The summed E-state index contributed by atoms with van der Waals surface area (Å²) in [5.74, 6) is 5.12. The summed E-state index contributed by atoms with van der Waals surface area (Å²) in [5, 5.41) is 2.71. The summed E-state index contributed by atoms with van der Waals surface area (Å²) in [7, 11) is -3.18. The Balaban J connectivity index is 2.47. The second-order valence-corrected chi connectivity index (χ2v) is 6.30. The second kappa shape index (κ2) is 7.22. The van der Waals surface area contributed by atoms with Crippen molar-refractivity contribution >= 4 is 21.6 Å². The number of benzene rings is 1. The topological polar surface area (TPSA) is 113 Å². The Labute approximate surface area is 119 Å². The second-order valence-electron chi connectivity index (χ2n) is 4.47. The molecule has 1 amide bonds. The lowest BCUT2D eigenvalue weighted by atomic mass is 10.1. The van der Waals surface area contributed by atoms with Gasteiger partial charge >= 0.3 is 0 Å². The third-order valence-electron chi connectivity index (χ3n) is 2.58. The standard InChI is InChI=1S/C12H20N4O3S/c1-9-4-5-10(11(8-9)16-13)12(17)14-6-3-7-15-20(2,18)19/h4-5,8,15-16H,3,6-7,13H2,1-2H3,(H,14,17). The minimum absolute atomic E-state index is 0.252. The normalized spacial score (nSPS) is 11.2. The molecule has 5 N–H and O–H groups in total. The minimum Gasteiger partial charge on any atom is -0.352 e. The van der Waals surface area contributed by atoms with Crippen LogP contribution < -0.4 is 21.3 Å². The number of hydrogen-bond acceptors (Lipinski definition) is 5. The van der Waals surface area contributed by atoms with E-state index in [0.717, 1.165) is 11.8 Å². The van der Waals surface area contributed by atoms with Gasteiger partial charge in [-0.2, -0.15) is 0 Å². The molecule has 0 atom stereocenters. The van der Waals surface area contributed by atoms with E-state index >= 15 is 0 Å². The quantitative estimate of drug-likeness (QED) is 0.320. The zero-order valence-electron chi connectivity index (χ0n) is 11.6. The highest BCUT2D eigenvalue weighted by atomic mass is 32.2. The van der Waals surface area contributed by atoms with Crippen LogP contribution in [0.25, 0.3) is 0 Å². The molecule has 0 aliphatic rings. The fourth-order valence-electron chi connectivity index (χ4n) is 1.62. The molecule has 0 saturated heterocycles. The van der Waals surface area contributed by atoms with Gasteiger partial charge in [-0.25, -0.2) is 13.1 Å². The fourth-order valence-corrected chi connectivity index (χ4v) is 2.13. The summed E-state index contributed by atoms with van der Waals surface area (Å²) >= 11 is 0. The van der Waals surface area contributed by atoms with Crippen molar-refractivity contribution in [3.63, 3.8) is 0 Å². The number of amides is 1. The van der Waals surface area contributed by atoms with Crippen LogP contribution in [0.3, 0.4) is 0 Å². The van der Waals surface area contributed by atoms with Gasteiger partial charge in [0.2, 0.25) is 10.0 Å². The number of nitrogen functional groups attached to an aromatic ring is 1. The zero-order chi connectivity index (χ0) is 15.2. The highest BCUT2D eigenvalue weighted by Gasteiger charge is 2.10. The Kier molecular flexibility index (Phi) is 5.93. The number of hydrazine groups is 1. The summed E-state index contributed by atoms with van der Waals surface area (Å²) < 4.78 is 24.0. The number of aryl methyl sites for hydroxylation is 1. The van der Waals surface area contributed by atoms with Gasteiger partial charge in [-0.3, -0.25) is 10.6 Å². The number of carbonyl (C=O) groups excluding carboxylic acids is 1. The highest BCUT2D eigenvalue weighted by Crippen LogP contribution is 2.16. The number of hydrogen-bond donors (Lipinski definition) is 4. The van der Waals surface area contributed by atoms with Crippen LogP contribution in [0.15, 0.2) is 18.2 Å². The van der Waals surface area contributed by atoms with Crippen molar-refractivity contribution in [2.45, 2.75) is 13.3 Å². The minimum atomic E-state index is -3.18. The maximum Gasteiger partial charge on any atom is 0.253 e. The summed E-state index contributed by atoms with van der Waals surface area (Å²) in [6.07, 6.45) is 1.60. The number of nitrogens with one attached hydrogen (secondary N) is 3. The van der Waals surface area contributed by atoms with Crippen molar-refractivity contribution in [3.8, 4) is 0 Å². The lowest BCUT2D eigenvalue weighted by Gasteiger charge is -2.10. The van der Waals surface area contributed by atoms with Crippen LogP contribution >= 0.6 is 0 Å². The van der Waals surface area contributed by atoms with Crippen molar-refractivity contribution < 1.29 is 13.2 Å². The van der Waals surface area contributed by atoms with E-state index in [4.69, 9.17) is 5.84 Å². The Hall–Kier alpha value is -1.64. The largest absolute Gasteiger partial charge is 0.352 e. The number of sulfonamides is 1. The Morgan fingerprint density at radius 3 is 2.60 bits per heavy atom. The van der Waals surface area contributed by atoms with Crippen LogP contribution in [-0.4, -0.2) is 33.7 Å². The molecular formula is C12H20N4O3S. The molecule has 0 aliphatic heterocycles. The summed E-state index contributed by atoms with van der Waals surface area (Å²) in [6.45, 7) is 2.56. The van der Waals surface area contributed by atoms with Gasteiger partial charge in [0.05, 0.1) is 17.5 Å². The summed E-state index contributed by atoms with van der Waals surface area (Å²) in [4.78, 5) is 12.0. The van der Waals surface area contributed by atoms with Gasteiger partial charge in [-0.1, -0.05) is 6.07 Å². The summed E-state index contributed by atoms with van der Waals surface area (Å²) in [5.41, 5.74) is 4.48. The molecule has 0 aliphatic carbocycles. The maximum atomic E-state index is 12.0. The van der Waals surface area contributed by atoms with Crippen LogP contribution in [0.4, 0.5) is 5.69 Å². The molecule has 0 unspecified atom stereocenters. The number of carbonyl (C=O) groups is 1. The third-order valence-corrected chi connectivity index (χ3v) is 3.31. The molecule has 1 aromatic rings. The first kappa shape index (κ1) is 16.4. The van der Waals surface area contributed by atoms with Crippen molar-refractivity contribution in [1.29, 1.82) is 0 Å². The molecule has 0 radical (unpaired) electrons. The van der Waals surface area contributed by atoms with Gasteiger partial charge in [-0.15, -0.1) is 0 Å². The highest BCUT2D eigenvalue weighted by molar-refractivity contribution is 7.88. The molecular weight excluding hydrogens is 280 g/mol. The van der Waals surface area contributed by atoms with Gasteiger partial charge in [0.25, 0.3) is 5.91 Å². The van der Waals surface area contributed by atoms with Crippen LogP contribution in [0.1, 0.15) is 22.3 Å². The van der Waals surface area contributed by atoms with E-state index in [1.54, 1.807) is 12.1 Å². The number of anilines is 1. The van der Waals surface area contributed by atoms with Gasteiger partial charge in [0.15, 0.2) is 0 Å². The average Bonchev–Trinajstić information content (AvgIpc) is 2.36. The van der Waals surface area contributed by atoms with Gasteiger partial charge < -0.3 is 10.7 Å². The predicted octanol–water partition coefficient (Wildman–Crippen LogP) is -0.0503. The third kappa shape index (κ3) is 5.55. The first-order valence-electron chi connectivity index (χ1n) is 6.13. The lowest BCUT2D eigenvalue weighted by molar-refractivity contribution is 0.0954. The molecule has 0 fully saturated rings. The SMILES string of the molecule is Cc1ccc(C(=O)NCCCNS(C)(=O)=O)c(NN)c1. The van der Waals surface area contributed by atoms with E-state index in [1.807, 2.05) is 13.0 Å². The van der Waals surface area contributed by atoms with E-state index in [1.165, 1.54) is 0 Å². The first-order valence-corrected chi connectivity index (χ1v) is 8.03. The molecule has 7 nitrogen and oxygen atoms in total. The zero-order valence-corrected chi connectivity index (χ0v) is 12.4. The molecule has 112 valence electrons. The lowest BCUT2D eigenvalue weighted by Crippen LogP contribution is -2.30. The first-order chi connectivity index (χ1) is 9.33. The van der Waals surface area contributed by atoms with Gasteiger partial charge in [-0.05, 0) is 31.0 Å². The Bertz CT molecular complexity index is 572.